The molecule has 1 saturated heterocycles. The average Bonchev–Trinajstić information content (AvgIpc) is 2.54. The summed E-state index contributed by atoms with van der Waals surface area (Å²) in [5.41, 5.74) is 1.07. The zero-order valence-electron chi connectivity index (χ0n) is 12.3. The van der Waals surface area contributed by atoms with Crippen molar-refractivity contribution in [2.24, 2.45) is 0 Å². The molecule has 2 aliphatic heterocycles. The number of piperazine rings is 1. The molecular weight excluding hydrogens is 292 g/mol. The maximum atomic E-state index is 6.40. The van der Waals surface area contributed by atoms with Crippen molar-refractivity contribution in [2.45, 2.75) is 6.42 Å². The third-order valence-electron chi connectivity index (χ3n) is 3.92. The molecule has 1 aromatic carbocycles. The molecule has 0 radical (unpaired) electrons. The Kier molecular flexibility index (Phi) is 4.73. The van der Waals surface area contributed by atoms with Crippen molar-refractivity contribution in [3.8, 4) is 17.2 Å². The van der Waals surface area contributed by atoms with Gasteiger partial charge in [-0.25, -0.2) is 0 Å². The lowest BCUT2D eigenvalue weighted by molar-refractivity contribution is 0.170. The van der Waals surface area contributed by atoms with Crippen LogP contribution in [0.3, 0.4) is 0 Å². The Morgan fingerprint density at radius 2 is 2.05 bits per heavy atom. The maximum absolute atomic E-state index is 6.40. The molecule has 1 aromatic rings. The highest BCUT2D eigenvalue weighted by Crippen LogP contribution is 2.45. The van der Waals surface area contributed by atoms with Crippen LogP contribution in [0.1, 0.15) is 5.56 Å². The molecule has 0 atom stereocenters. The van der Waals surface area contributed by atoms with Crippen molar-refractivity contribution in [3.63, 3.8) is 0 Å². The molecule has 1 fully saturated rings. The van der Waals surface area contributed by atoms with Crippen LogP contribution in [0.2, 0.25) is 5.02 Å². The average molecular weight is 313 g/mol. The summed E-state index contributed by atoms with van der Waals surface area (Å²) >= 11 is 6.40. The van der Waals surface area contributed by atoms with Crippen LogP contribution in [0.5, 0.6) is 17.2 Å². The van der Waals surface area contributed by atoms with Gasteiger partial charge in [-0.15, -0.1) is 0 Å². The number of nitrogens with one attached hydrogen (secondary N) is 1. The molecule has 0 spiro atoms. The fraction of sp³-hybridized carbons (Fsp3) is 0.600. The summed E-state index contributed by atoms with van der Waals surface area (Å²) < 4.78 is 16.7. The first-order chi connectivity index (χ1) is 10.3. The number of nitrogens with zero attached hydrogens (tertiary/aromatic N) is 1. The highest BCUT2D eigenvalue weighted by atomic mass is 35.5. The molecule has 0 aliphatic carbocycles. The zero-order valence-corrected chi connectivity index (χ0v) is 13.0. The number of ether oxygens (including phenoxy) is 3. The minimum absolute atomic E-state index is 0.519. The fourth-order valence-corrected chi connectivity index (χ4v) is 3.14. The highest BCUT2D eigenvalue weighted by molar-refractivity contribution is 6.34. The number of fused-ring (bicyclic) bond motifs is 1. The van der Waals surface area contributed by atoms with Gasteiger partial charge in [-0.1, -0.05) is 11.6 Å². The molecule has 2 aliphatic rings. The van der Waals surface area contributed by atoms with Gasteiger partial charge in [-0.3, -0.25) is 0 Å². The second kappa shape index (κ2) is 6.73. The second-order valence-corrected chi connectivity index (χ2v) is 5.63. The van der Waals surface area contributed by atoms with Crippen LogP contribution in [0.4, 0.5) is 0 Å². The van der Waals surface area contributed by atoms with E-state index in [0.717, 1.165) is 50.5 Å². The molecule has 0 bridgehead atoms. The summed E-state index contributed by atoms with van der Waals surface area (Å²) in [6.07, 6.45) is 0.888. The van der Waals surface area contributed by atoms with Crippen LogP contribution in [0.25, 0.3) is 0 Å². The molecule has 21 heavy (non-hydrogen) atoms. The summed E-state index contributed by atoms with van der Waals surface area (Å²) in [6, 6.07) is 2.00. The van der Waals surface area contributed by atoms with E-state index in [2.05, 4.69) is 10.2 Å². The SMILES string of the molecule is COc1c(CCN2CCNCC2)cc2c(c1Cl)OCCO2. The fourth-order valence-electron chi connectivity index (χ4n) is 2.80. The van der Waals surface area contributed by atoms with Crippen molar-refractivity contribution in [3.05, 3.63) is 16.7 Å². The second-order valence-electron chi connectivity index (χ2n) is 5.25. The lowest BCUT2D eigenvalue weighted by Gasteiger charge is -2.28. The van der Waals surface area contributed by atoms with E-state index in [1.165, 1.54) is 0 Å². The molecule has 6 heteroatoms. The van der Waals surface area contributed by atoms with E-state index >= 15 is 0 Å². The summed E-state index contributed by atoms with van der Waals surface area (Å²) in [6.45, 7) is 6.36. The van der Waals surface area contributed by atoms with E-state index in [9.17, 15) is 0 Å². The summed E-state index contributed by atoms with van der Waals surface area (Å²) in [7, 11) is 1.64. The Balaban J connectivity index is 1.78. The van der Waals surface area contributed by atoms with E-state index in [1.807, 2.05) is 6.07 Å². The first kappa shape index (κ1) is 14.8. The van der Waals surface area contributed by atoms with Crippen molar-refractivity contribution in [2.75, 3.05) is 53.0 Å². The zero-order chi connectivity index (χ0) is 14.7. The minimum Gasteiger partial charge on any atom is -0.495 e. The Morgan fingerprint density at radius 3 is 2.81 bits per heavy atom. The van der Waals surface area contributed by atoms with Gasteiger partial charge in [0.05, 0.1) is 7.11 Å². The van der Waals surface area contributed by atoms with Crippen molar-refractivity contribution < 1.29 is 14.2 Å². The van der Waals surface area contributed by atoms with E-state index in [4.69, 9.17) is 25.8 Å². The number of hydrogen-bond donors (Lipinski definition) is 1. The highest BCUT2D eigenvalue weighted by Gasteiger charge is 2.23. The van der Waals surface area contributed by atoms with Crippen LogP contribution >= 0.6 is 11.6 Å². The first-order valence-electron chi connectivity index (χ1n) is 7.37. The summed E-state index contributed by atoms with van der Waals surface area (Å²) in [5.74, 6) is 2.03. The van der Waals surface area contributed by atoms with Crippen LogP contribution in [0, 0.1) is 0 Å². The number of rotatable bonds is 4. The molecule has 5 nitrogen and oxygen atoms in total. The molecule has 1 N–H and O–H groups in total. The van der Waals surface area contributed by atoms with Gasteiger partial charge in [0, 0.05) is 38.3 Å². The monoisotopic (exact) mass is 312 g/mol. The maximum Gasteiger partial charge on any atom is 0.183 e. The van der Waals surface area contributed by atoms with Crippen molar-refractivity contribution in [1.29, 1.82) is 0 Å². The minimum atomic E-state index is 0.519. The Labute approximate surface area is 130 Å². The Morgan fingerprint density at radius 1 is 1.29 bits per heavy atom. The molecule has 0 unspecified atom stereocenters. The van der Waals surface area contributed by atoms with Gasteiger partial charge in [0.15, 0.2) is 11.5 Å². The Hall–Kier alpha value is -1.17. The Bertz CT molecular complexity index is 504. The first-order valence-corrected chi connectivity index (χ1v) is 7.75. The largest absolute Gasteiger partial charge is 0.495 e. The van der Waals surface area contributed by atoms with Crippen LogP contribution in [-0.2, 0) is 6.42 Å². The predicted molar refractivity (Wildman–Crippen MR) is 82.0 cm³/mol. The number of halogens is 1. The van der Waals surface area contributed by atoms with E-state index in [1.54, 1.807) is 7.11 Å². The van der Waals surface area contributed by atoms with Gasteiger partial charge >= 0.3 is 0 Å². The molecule has 116 valence electrons. The predicted octanol–water partition coefficient (Wildman–Crippen LogP) is 1.57. The van der Waals surface area contributed by atoms with Crippen molar-refractivity contribution in [1.82, 2.24) is 10.2 Å². The summed E-state index contributed by atoms with van der Waals surface area (Å²) in [4.78, 5) is 2.45. The molecule has 0 saturated carbocycles. The standard InChI is InChI=1S/C15H21ClN2O3/c1-19-14-11(2-5-18-6-3-17-4-7-18)10-12-15(13(14)16)21-9-8-20-12/h10,17H,2-9H2,1H3. The molecule has 2 heterocycles. The third kappa shape index (κ3) is 3.20. The van der Waals surface area contributed by atoms with Gasteiger partial charge in [0.2, 0.25) is 0 Å². The van der Waals surface area contributed by atoms with Gasteiger partial charge in [0.1, 0.15) is 24.0 Å². The lowest BCUT2D eigenvalue weighted by atomic mass is 10.1. The normalized spacial score (nSPS) is 18.6. The van der Waals surface area contributed by atoms with Gasteiger partial charge in [-0.05, 0) is 12.5 Å². The van der Waals surface area contributed by atoms with Crippen LogP contribution in [-0.4, -0.2) is 57.9 Å². The van der Waals surface area contributed by atoms with E-state index in [-0.39, 0.29) is 0 Å². The van der Waals surface area contributed by atoms with Gasteiger partial charge < -0.3 is 24.4 Å². The molecular formula is C15H21ClN2O3. The topological polar surface area (TPSA) is 43.0 Å². The number of methoxy groups -OCH3 is 1. The summed E-state index contributed by atoms with van der Waals surface area (Å²) in [5, 5.41) is 3.88. The van der Waals surface area contributed by atoms with Gasteiger partial charge in [-0.2, -0.15) is 0 Å². The number of hydrogen-bond acceptors (Lipinski definition) is 5. The van der Waals surface area contributed by atoms with Crippen molar-refractivity contribution >= 4 is 11.6 Å². The quantitative estimate of drug-likeness (QED) is 0.914. The van der Waals surface area contributed by atoms with E-state index in [0.29, 0.717) is 29.7 Å². The third-order valence-corrected chi connectivity index (χ3v) is 4.26. The van der Waals surface area contributed by atoms with Crippen LogP contribution < -0.4 is 19.5 Å². The molecule has 3 rings (SSSR count). The van der Waals surface area contributed by atoms with E-state index < -0.39 is 0 Å². The van der Waals surface area contributed by atoms with Gasteiger partial charge in [0.25, 0.3) is 0 Å². The molecule has 0 amide bonds. The smallest absolute Gasteiger partial charge is 0.183 e. The lowest BCUT2D eigenvalue weighted by Crippen LogP contribution is -2.44. The molecule has 0 aromatic heterocycles. The number of benzene rings is 1. The van der Waals surface area contributed by atoms with Crippen LogP contribution in [0.15, 0.2) is 6.07 Å².